The number of hydrogen-bond donors (Lipinski definition) is 1. The highest BCUT2D eigenvalue weighted by atomic mass is 32.2. The number of aliphatic hydroxyl groups excluding tert-OH is 1. The first kappa shape index (κ1) is 14.8. The second-order valence-corrected chi connectivity index (χ2v) is 7.30. The van der Waals surface area contributed by atoms with Crippen LogP contribution in [-0.2, 0) is 10.0 Å². The molecule has 5 heteroatoms. The molecule has 0 saturated heterocycles. The number of fused-ring (bicyclic) bond motifs is 1. The Morgan fingerprint density at radius 3 is 2.36 bits per heavy atom. The quantitative estimate of drug-likeness (QED) is 0.808. The lowest BCUT2D eigenvalue weighted by Gasteiger charge is -2.14. The first-order valence-electron chi connectivity index (χ1n) is 6.93. The number of nitrogens with zero attached hydrogens (tertiary/aromatic N) is 1. The summed E-state index contributed by atoms with van der Waals surface area (Å²) in [5.74, 6) is 0. The van der Waals surface area contributed by atoms with Crippen molar-refractivity contribution in [2.75, 3.05) is 6.26 Å². The zero-order valence-electron chi connectivity index (χ0n) is 12.4. The molecule has 1 N–H and O–H groups in total. The summed E-state index contributed by atoms with van der Waals surface area (Å²) in [7, 11) is -3.53. The highest BCUT2D eigenvalue weighted by molar-refractivity contribution is 7.89. The van der Waals surface area contributed by atoms with Crippen molar-refractivity contribution in [3.8, 4) is 0 Å². The van der Waals surface area contributed by atoms with E-state index in [1.807, 2.05) is 37.3 Å². The summed E-state index contributed by atoms with van der Waals surface area (Å²) in [4.78, 5) is 0. The fourth-order valence-corrected chi connectivity index (χ4v) is 3.76. The van der Waals surface area contributed by atoms with Crippen LogP contribution in [0.2, 0.25) is 0 Å². The van der Waals surface area contributed by atoms with E-state index in [9.17, 15) is 13.5 Å². The maximum absolute atomic E-state index is 12.2. The Balaban J connectivity index is 2.29. The van der Waals surface area contributed by atoms with Crippen LogP contribution >= 0.6 is 0 Å². The molecule has 0 fully saturated rings. The van der Waals surface area contributed by atoms with Gasteiger partial charge in [0.05, 0.1) is 17.5 Å². The van der Waals surface area contributed by atoms with Gasteiger partial charge in [-0.2, -0.15) is 0 Å². The van der Waals surface area contributed by atoms with Crippen molar-refractivity contribution >= 4 is 20.9 Å². The average Bonchev–Trinajstić information content (AvgIpc) is 2.85. The minimum Gasteiger partial charge on any atom is -0.382 e. The normalized spacial score (nSPS) is 13.4. The van der Waals surface area contributed by atoms with Crippen molar-refractivity contribution in [2.45, 2.75) is 13.0 Å². The minimum absolute atomic E-state index is 0.356. The molecule has 22 heavy (non-hydrogen) atoms. The van der Waals surface area contributed by atoms with Crippen LogP contribution in [0.1, 0.15) is 22.9 Å². The van der Waals surface area contributed by atoms with E-state index in [-0.39, 0.29) is 0 Å². The van der Waals surface area contributed by atoms with E-state index in [1.165, 1.54) is 3.97 Å². The molecule has 1 unspecified atom stereocenters. The van der Waals surface area contributed by atoms with E-state index >= 15 is 0 Å². The standard InChI is InChI=1S/C17H17NO3S/c1-12-8-9-15-14(10-12)11-16(18(15)22(2,20)21)17(19)13-6-4-3-5-7-13/h3-11,17,19H,1-2H3. The molecule has 0 radical (unpaired) electrons. The van der Waals surface area contributed by atoms with Gasteiger partial charge in [0, 0.05) is 5.39 Å². The van der Waals surface area contributed by atoms with Gasteiger partial charge in [-0.1, -0.05) is 42.0 Å². The van der Waals surface area contributed by atoms with Crippen LogP contribution in [0.15, 0.2) is 54.6 Å². The second-order valence-electron chi connectivity index (χ2n) is 5.47. The molecule has 0 aliphatic heterocycles. The van der Waals surface area contributed by atoms with E-state index in [2.05, 4.69) is 0 Å². The molecule has 0 spiro atoms. The number of benzene rings is 2. The third-order valence-corrected chi connectivity index (χ3v) is 4.74. The zero-order chi connectivity index (χ0) is 15.9. The van der Waals surface area contributed by atoms with Gasteiger partial charge in [-0.3, -0.25) is 0 Å². The Hall–Kier alpha value is -2.11. The Kier molecular flexibility index (Phi) is 3.54. The molecule has 4 nitrogen and oxygen atoms in total. The minimum atomic E-state index is -3.53. The Labute approximate surface area is 129 Å². The van der Waals surface area contributed by atoms with E-state index < -0.39 is 16.1 Å². The van der Waals surface area contributed by atoms with Gasteiger partial charge in [0.1, 0.15) is 6.10 Å². The summed E-state index contributed by atoms with van der Waals surface area (Å²) in [6.07, 6.45) is 0.150. The van der Waals surface area contributed by atoms with E-state index in [4.69, 9.17) is 0 Å². The van der Waals surface area contributed by atoms with Gasteiger partial charge < -0.3 is 5.11 Å². The highest BCUT2D eigenvalue weighted by Gasteiger charge is 2.22. The SMILES string of the molecule is Cc1ccc2c(c1)cc(C(O)c1ccccc1)n2S(C)(=O)=O. The van der Waals surface area contributed by atoms with Crippen molar-refractivity contribution in [1.29, 1.82) is 0 Å². The first-order valence-corrected chi connectivity index (χ1v) is 8.78. The molecule has 0 amide bonds. The topological polar surface area (TPSA) is 59.3 Å². The monoisotopic (exact) mass is 315 g/mol. The number of aliphatic hydroxyl groups is 1. The summed E-state index contributed by atoms with van der Waals surface area (Å²) in [5.41, 5.74) is 2.64. The summed E-state index contributed by atoms with van der Waals surface area (Å²) < 4.78 is 25.6. The summed E-state index contributed by atoms with van der Waals surface area (Å²) in [5, 5.41) is 11.4. The molecule has 114 valence electrons. The first-order chi connectivity index (χ1) is 10.4. The maximum Gasteiger partial charge on any atom is 0.236 e. The van der Waals surface area contributed by atoms with Crippen LogP contribution in [0.25, 0.3) is 10.9 Å². The molecule has 0 aliphatic rings. The lowest BCUT2D eigenvalue weighted by atomic mass is 10.1. The molecular formula is C17H17NO3S. The predicted octanol–water partition coefficient (Wildman–Crippen LogP) is 2.84. The van der Waals surface area contributed by atoms with Crippen molar-refractivity contribution < 1.29 is 13.5 Å². The van der Waals surface area contributed by atoms with Crippen molar-refractivity contribution in [2.24, 2.45) is 0 Å². The van der Waals surface area contributed by atoms with Crippen LogP contribution < -0.4 is 0 Å². The summed E-state index contributed by atoms with van der Waals surface area (Å²) >= 11 is 0. The smallest absolute Gasteiger partial charge is 0.236 e. The lowest BCUT2D eigenvalue weighted by molar-refractivity contribution is 0.214. The van der Waals surface area contributed by atoms with Gasteiger partial charge >= 0.3 is 0 Å². The number of aromatic nitrogens is 1. The van der Waals surface area contributed by atoms with Crippen molar-refractivity contribution in [3.63, 3.8) is 0 Å². The molecule has 3 aromatic rings. The van der Waals surface area contributed by atoms with Gasteiger partial charge in [0.15, 0.2) is 0 Å². The molecule has 0 aliphatic carbocycles. The van der Waals surface area contributed by atoms with Gasteiger partial charge in [-0.05, 0) is 30.7 Å². The summed E-state index contributed by atoms with van der Waals surface area (Å²) in [6.45, 7) is 1.95. The number of hydrogen-bond acceptors (Lipinski definition) is 3. The third kappa shape index (κ3) is 2.53. The molecule has 1 atom stereocenters. The Bertz CT molecular complexity index is 927. The molecule has 2 aromatic carbocycles. The van der Waals surface area contributed by atoms with Gasteiger partial charge in [0.25, 0.3) is 0 Å². The lowest BCUT2D eigenvalue weighted by Crippen LogP contribution is -2.16. The maximum atomic E-state index is 12.2. The Morgan fingerprint density at radius 2 is 1.73 bits per heavy atom. The van der Waals surface area contributed by atoms with Crippen molar-refractivity contribution in [1.82, 2.24) is 3.97 Å². The summed E-state index contributed by atoms with van der Waals surface area (Å²) in [6, 6.07) is 16.3. The number of rotatable bonds is 3. The average molecular weight is 315 g/mol. The second kappa shape index (κ2) is 5.26. The largest absolute Gasteiger partial charge is 0.382 e. The van der Waals surface area contributed by atoms with E-state index in [0.29, 0.717) is 16.8 Å². The van der Waals surface area contributed by atoms with Crippen LogP contribution in [0.3, 0.4) is 0 Å². The molecule has 3 rings (SSSR count). The number of aryl methyl sites for hydroxylation is 1. The van der Waals surface area contributed by atoms with Crippen LogP contribution in [0, 0.1) is 6.92 Å². The van der Waals surface area contributed by atoms with Crippen LogP contribution in [0.5, 0.6) is 0 Å². The van der Waals surface area contributed by atoms with Gasteiger partial charge in [-0.25, -0.2) is 12.4 Å². The predicted molar refractivity (Wildman–Crippen MR) is 87.4 cm³/mol. The van der Waals surface area contributed by atoms with Crippen molar-refractivity contribution in [3.05, 3.63) is 71.4 Å². The Morgan fingerprint density at radius 1 is 1.05 bits per heavy atom. The van der Waals surface area contributed by atoms with E-state index in [1.54, 1.807) is 24.3 Å². The fraction of sp³-hybridized carbons (Fsp3) is 0.176. The molecule has 1 heterocycles. The third-order valence-electron chi connectivity index (χ3n) is 3.67. The van der Waals surface area contributed by atoms with Crippen LogP contribution in [-0.4, -0.2) is 23.8 Å². The molecule has 1 aromatic heterocycles. The van der Waals surface area contributed by atoms with Gasteiger partial charge in [-0.15, -0.1) is 0 Å². The van der Waals surface area contributed by atoms with E-state index in [0.717, 1.165) is 17.2 Å². The zero-order valence-corrected chi connectivity index (χ0v) is 13.2. The molecule has 0 saturated carbocycles. The van der Waals surface area contributed by atoms with Crippen LogP contribution in [0.4, 0.5) is 0 Å². The van der Waals surface area contributed by atoms with Gasteiger partial charge in [0.2, 0.25) is 10.0 Å². The molecular weight excluding hydrogens is 298 g/mol. The molecule has 0 bridgehead atoms. The fourth-order valence-electron chi connectivity index (χ4n) is 2.70. The highest BCUT2D eigenvalue weighted by Crippen LogP contribution is 2.30.